The molecule has 0 spiro atoms. The van der Waals surface area contributed by atoms with Gasteiger partial charge in [-0.3, -0.25) is 0 Å². The first-order valence-electron chi connectivity index (χ1n) is 6.62. The van der Waals surface area contributed by atoms with Crippen LogP contribution in [0.25, 0.3) is 11.0 Å². The second kappa shape index (κ2) is 5.38. The second-order valence-electron chi connectivity index (χ2n) is 5.16. The summed E-state index contributed by atoms with van der Waals surface area (Å²) >= 11 is 0.0114. The van der Waals surface area contributed by atoms with Crippen LogP contribution in [-0.2, 0) is 13.6 Å². The van der Waals surface area contributed by atoms with E-state index in [1.165, 1.54) is 5.56 Å². The van der Waals surface area contributed by atoms with E-state index in [0.29, 0.717) is 5.92 Å². The van der Waals surface area contributed by atoms with Gasteiger partial charge in [0, 0.05) is 0 Å². The van der Waals surface area contributed by atoms with Crippen molar-refractivity contribution in [3.8, 4) is 0 Å². The molecule has 0 aliphatic heterocycles. The van der Waals surface area contributed by atoms with Gasteiger partial charge in [-0.15, -0.1) is 0 Å². The number of aryl methyl sites for hydroxylation is 1. The molecular weight excluding hydrogens is 317 g/mol. The Hall–Kier alpha value is -1.65. The summed E-state index contributed by atoms with van der Waals surface area (Å²) in [4.78, 5) is 0. The van der Waals surface area contributed by atoms with Crippen LogP contribution < -0.4 is 5.32 Å². The summed E-state index contributed by atoms with van der Waals surface area (Å²) in [5.74, 6) is 0.428. The Kier molecular flexibility index (Phi) is 3.59. The van der Waals surface area contributed by atoms with Gasteiger partial charge in [-0.1, -0.05) is 0 Å². The number of aromatic nitrogens is 4. The van der Waals surface area contributed by atoms with Gasteiger partial charge in [0.05, 0.1) is 0 Å². The molecule has 20 heavy (non-hydrogen) atoms. The van der Waals surface area contributed by atoms with E-state index in [-0.39, 0.29) is 15.0 Å². The first-order chi connectivity index (χ1) is 9.65. The third kappa shape index (κ3) is 2.49. The van der Waals surface area contributed by atoms with Crippen molar-refractivity contribution in [2.75, 3.05) is 5.32 Å². The first kappa shape index (κ1) is 13.3. The van der Waals surface area contributed by atoms with E-state index in [0.717, 1.165) is 29.0 Å². The summed E-state index contributed by atoms with van der Waals surface area (Å²) in [6, 6.07) is 6.10. The van der Waals surface area contributed by atoms with Gasteiger partial charge in [0.15, 0.2) is 0 Å². The fourth-order valence-electron chi connectivity index (χ4n) is 2.32. The second-order valence-corrected chi connectivity index (χ2v) is 6.27. The summed E-state index contributed by atoms with van der Waals surface area (Å²) < 4.78 is 10.8. The van der Waals surface area contributed by atoms with Crippen molar-refractivity contribution in [2.45, 2.75) is 26.3 Å². The molecule has 2 heterocycles. The summed E-state index contributed by atoms with van der Waals surface area (Å²) in [5, 5.41) is 8.01. The van der Waals surface area contributed by atoms with Gasteiger partial charge in [-0.2, -0.15) is 0 Å². The van der Waals surface area contributed by atoms with Crippen molar-refractivity contribution < 1.29 is 0 Å². The fourth-order valence-corrected chi connectivity index (χ4v) is 3.47. The Bertz CT molecular complexity index is 728. The summed E-state index contributed by atoms with van der Waals surface area (Å²) in [6.07, 6.45) is 2.08. The standard InChI is InChI=1S/C14H17N5Se/c1-9(2)13-10(8-19(3)16-13)7-15-11-5-4-6-12-14(11)18-20-17-12/h4-6,8-9,15H,7H2,1-3H3. The van der Waals surface area contributed by atoms with E-state index >= 15 is 0 Å². The zero-order valence-corrected chi connectivity index (χ0v) is 13.5. The molecule has 0 aliphatic carbocycles. The Morgan fingerprint density at radius 2 is 2.15 bits per heavy atom. The Balaban J connectivity index is 1.85. The average molecular weight is 334 g/mol. The number of nitrogens with one attached hydrogen (secondary N) is 1. The van der Waals surface area contributed by atoms with Crippen LogP contribution in [0.15, 0.2) is 24.4 Å². The summed E-state index contributed by atoms with van der Waals surface area (Å²) in [5.41, 5.74) is 5.45. The third-order valence-electron chi connectivity index (χ3n) is 3.24. The third-order valence-corrected chi connectivity index (χ3v) is 4.38. The van der Waals surface area contributed by atoms with Crippen molar-refractivity contribution in [2.24, 2.45) is 7.05 Å². The van der Waals surface area contributed by atoms with E-state index in [1.54, 1.807) is 0 Å². The molecule has 5 nitrogen and oxygen atoms in total. The molecule has 0 fully saturated rings. The van der Waals surface area contributed by atoms with Crippen molar-refractivity contribution in [1.82, 2.24) is 17.7 Å². The van der Waals surface area contributed by atoms with Crippen molar-refractivity contribution >= 4 is 31.7 Å². The molecule has 0 radical (unpaired) electrons. The number of rotatable bonds is 4. The van der Waals surface area contributed by atoms with Gasteiger partial charge < -0.3 is 0 Å². The molecule has 0 atom stereocenters. The molecule has 104 valence electrons. The molecule has 1 N–H and O–H groups in total. The first-order valence-corrected chi connectivity index (χ1v) is 8.16. The molecule has 0 saturated heterocycles. The number of fused-ring (bicyclic) bond motifs is 1. The summed E-state index contributed by atoms with van der Waals surface area (Å²) in [7, 11) is 1.96. The van der Waals surface area contributed by atoms with Crippen molar-refractivity contribution in [3.05, 3.63) is 35.7 Å². The molecule has 0 amide bonds. The Morgan fingerprint density at radius 1 is 1.30 bits per heavy atom. The zero-order valence-electron chi connectivity index (χ0n) is 11.8. The van der Waals surface area contributed by atoms with Crippen LogP contribution in [0.5, 0.6) is 0 Å². The molecule has 2 aromatic heterocycles. The van der Waals surface area contributed by atoms with E-state index in [2.05, 4.69) is 44.5 Å². The van der Waals surface area contributed by atoms with Gasteiger partial charge in [-0.25, -0.2) is 0 Å². The molecule has 3 aromatic rings. The van der Waals surface area contributed by atoms with Crippen LogP contribution in [0, 0.1) is 0 Å². The van der Waals surface area contributed by atoms with Gasteiger partial charge in [0.1, 0.15) is 0 Å². The molecule has 6 heteroatoms. The van der Waals surface area contributed by atoms with Gasteiger partial charge in [0.2, 0.25) is 0 Å². The SMILES string of the molecule is CC(C)c1nn(C)cc1CNc1cccc2n[se]nc12. The van der Waals surface area contributed by atoms with Gasteiger partial charge in [0.25, 0.3) is 0 Å². The number of benzene rings is 1. The van der Waals surface area contributed by atoms with Gasteiger partial charge >= 0.3 is 124 Å². The minimum atomic E-state index is 0.0114. The predicted molar refractivity (Wildman–Crippen MR) is 81.1 cm³/mol. The van der Waals surface area contributed by atoms with Crippen molar-refractivity contribution in [1.29, 1.82) is 0 Å². The molecule has 3 rings (SSSR count). The maximum atomic E-state index is 4.53. The van der Waals surface area contributed by atoms with Crippen LogP contribution in [0.3, 0.4) is 0 Å². The molecular formula is C14H17N5Se. The maximum absolute atomic E-state index is 4.53. The number of hydrogen-bond donors (Lipinski definition) is 1. The number of anilines is 1. The normalized spacial score (nSPS) is 11.4. The molecule has 0 aliphatic rings. The van der Waals surface area contributed by atoms with Crippen LogP contribution >= 0.6 is 0 Å². The molecule has 1 aromatic carbocycles. The van der Waals surface area contributed by atoms with Crippen LogP contribution in [0.1, 0.15) is 31.0 Å². The van der Waals surface area contributed by atoms with E-state index in [9.17, 15) is 0 Å². The van der Waals surface area contributed by atoms with E-state index < -0.39 is 0 Å². The van der Waals surface area contributed by atoms with E-state index in [1.807, 2.05) is 23.9 Å². The fraction of sp³-hybridized carbons (Fsp3) is 0.357. The number of nitrogens with zero attached hydrogens (tertiary/aromatic N) is 4. The van der Waals surface area contributed by atoms with Crippen molar-refractivity contribution in [3.63, 3.8) is 0 Å². The monoisotopic (exact) mass is 335 g/mol. The predicted octanol–water partition coefficient (Wildman–Crippen LogP) is 2.16. The average Bonchev–Trinajstić information content (AvgIpc) is 3.02. The quantitative estimate of drug-likeness (QED) is 0.743. The van der Waals surface area contributed by atoms with Crippen LogP contribution in [-0.4, -0.2) is 32.7 Å². The molecule has 0 bridgehead atoms. The Morgan fingerprint density at radius 3 is 2.95 bits per heavy atom. The van der Waals surface area contributed by atoms with Gasteiger partial charge in [-0.05, 0) is 0 Å². The molecule has 0 saturated carbocycles. The zero-order chi connectivity index (χ0) is 14.1. The topological polar surface area (TPSA) is 55.6 Å². The van der Waals surface area contributed by atoms with Crippen LogP contribution in [0.2, 0.25) is 0 Å². The Labute approximate surface area is 124 Å². The number of hydrogen-bond acceptors (Lipinski definition) is 4. The summed E-state index contributed by atoms with van der Waals surface area (Å²) in [6.45, 7) is 5.10. The minimum absolute atomic E-state index is 0.0114. The van der Waals surface area contributed by atoms with Crippen LogP contribution in [0.4, 0.5) is 5.69 Å². The molecule has 0 unspecified atom stereocenters. The van der Waals surface area contributed by atoms with E-state index in [4.69, 9.17) is 0 Å².